The molecule has 0 unspecified atom stereocenters. The molecule has 0 aliphatic carbocycles. The lowest BCUT2D eigenvalue weighted by Crippen LogP contribution is -2.37. The van der Waals surface area contributed by atoms with Crippen LogP contribution in [0, 0.1) is 11.8 Å². The average molecular weight is 344 g/mol. The van der Waals surface area contributed by atoms with Gasteiger partial charge in [-0.15, -0.1) is 0 Å². The maximum Gasteiger partial charge on any atom is 0.222 e. The maximum absolute atomic E-state index is 12.9. The minimum atomic E-state index is 0.328. The highest BCUT2D eigenvalue weighted by molar-refractivity contribution is 5.76. The molecule has 2 aliphatic rings. The van der Waals surface area contributed by atoms with E-state index in [1.165, 1.54) is 18.4 Å². The summed E-state index contributed by atoms with van der Waals surface area (Å²) in [5, 5.41) is 3.40. The molecular formula is C21H32N2O2. The third-order valence-corrected chi connectivity index (χ3v) is 5.61. The minimum Gasteiger partial charge on any atom is -0.381 e. The Balaban J connectivity index is 1.56. The van der Waals surface area contributed by atoms with Crippen LogP contribution in [0.3, 0.4) is 0 Å². The van der Waals surface area contributed by atoms with Crippen molar-refractivity contribution in [3.63, 3.8) is 0 Å². The zero-order valence-corrected chi connectivity index (χ0v) is 15.3. The van der Waals surface area contributed by atoms with Gasteiger partial charge in [-0.2, -0.15) is 0 Å². The van der Waals surface area contributed by atoms with E-state index in [2.05, 4.69) is 34.5 Å². The average Bonchev–Trinajstić information content (AvgIpc) is 2.68. The molecule has 2 aliphatic heterocycles. The number of rotatable bonds is 7. The molecule has 3 rings (SSSR count). The first-order valence-electron chi connectivity index (χ1n) is 9.91. The SMILES string of the molecule is O=C(CCC1CCNCC1)N(Cc1ccccc1)CC1CCOCC1. The highest BCUT2D eigenvalue weighted by atomic mass is 16.5. The van der Waals surface area contributed by atoms with Crippen LogP contribution in [0.15, 0.2) is 30.3 Å². The van der Waals surface area contributed by atoms with Gasteiger partial charge >= 0.3 is 0 Å². The predicted molar refractivity (Wildman–Crippen MR) is 100 cm³/mol. The highest BCUT2D eigenvalue weighted by Crippen LogP contribution is 2.21. The van der Waals surface area contributed by atoms with Crippen LogP contribution in [0.25, 0.3) is 0 Å². The molecular weight excluding hydrogens is 312 g/mol. The molecule has 0 bridgehead atoms. The maximum atomic E-state index is 12.9. The molecule has 1 amide bonds. The second kappa shape index (κ2) is 9.93. The molecule has 1 aromatic rings. The summed E-state index contributed by atoms with van der Waals surface area (Å²) < 4.78 is 5.48. The van der Waals surface area contributed by atoms with E-state index in [0.29, 0.717) is 24.2 Å². The van der Waals surface area contributed by atoms with E-state index in [4.69, 9.17) is 4.74 Å². The van der Waals surface area contributed by atoms with Crippen molar-refractivity contribution in [2.24, 2.45) is 11.8 Å². The molecule has 138 valence electrons. The molecule has 0 aromatic heterocycles. The summed E-state index contributed by atoms with van der Waals surface area (Å²) in [7, 11) is 0. The van der Waals surface area contributed by atoms with E-state index in [1.807, 2.05) is 6.07 Å². The van der Waals surface area contributed by atoms with Gasteiger partial charge in [0.2, 0.25) is 5.91 Å². The summed E-state index contributed by atoms with van der Waals surface area (Å²) in [6.07, 6.45) is 6.32. The van der Waals surface area contributed by atoms with Gasteiger partial charge in [0.25, 0.3) is 0 Å². The summed E-state index contributed by atoms with van der Waals surface area (Å²) >= 11 is 0. The number of nitrogens with zero attached hydrogens (tertiary/aromatic N) is 1. The zero-order chi connectivity index (χ0) is 17.3. The number of benzene rings is 1. The Morgan fingerprint density at radius 2 is 1.76 bits per heavy atom. The topological polar surface area (TPSA) is 41.6 Å². The van der Waals surface area contributed by atoms with Gasteiger partial charge in [-0.1, -0.05) is 30.3 Å². The first-order valence-corrected chi connectivity index (χ1v) is 9.91. The van der Waals surface area contributed by atoms with Crippen LogP contribution >= 0.6 is 0 Å². The quantitative estimate of drug-likeness (QED) is 0.826. The van der Waals surface area contributed by atoms with E-state index in [0.717, 1.165) is 58.7 Å². The summed E-state index contributed by atoms with van der Waals surface area (Å²) in [5.41, 5.74) is 1.23. The highest BCUT2D eigenvalue weighted by Gasteiger charge is 2.22. The number of hydrogen-bond donors (Lipinski definition) is 1. The van der Waals surface area contributed by atoms with Gasteiger partial charge in [-0.05, 0) is 62.6 Å². The monoisotopic (exact) mass is 344 g/mol. The Hall–Kier alpha value is -1.39. The van der Waals surface area contributed by atoms with Crippen LogP contribution in [0.2, 0.25) is 0 Å². The molecule has 1 N–H and O–H groups in total. The Kier molecular flexibility index (Phi) is 7.31. The lowest BCUT2D eigenvalue weighted by Gasteiger charge is -2.31. The molecule has 25 heavy (non-hydrogen) atoms. The van der Waals surface area contributed by atoms with E-state index in [-0.39, 0.29) is 0 Å². The van der Waals surface area contributed by atoms with Gasteiger partial charge < -0.3 is 15.0 Å². The Bertz CT molecular complexity index is 508. The Morgan fingerprint density at radius 1 is 1.04 bits per heavy atom. The van der Waals surface area contributed by atoms with Crippen LogP contribution < -0.4 is 5.32 Å². The van der Waals surface area contributed by atoms with Crippen molar-refractivity contribution in [1.29, 1.82) is 0 Å². The van der Waals surface area contributed by atoms with Crippen LogP contribution in [0.5, 0.6) is 0 Å². The van der Waals surface area contributed by atoms with Crippen LogP contribution in [0.1, 0.15) is 44.1 Å². The van der Waals surface area contributed by atoms with Gasteiger partial charge in [0, 0.05) is 32.7 Å². The second-order valence-corrected chi connectivity index (χ2v) is 7.55. The second-order valence-electron chi connectivity index (χ2n) is 7.55. The number of nitrogens with one attached hydrogen (secondary N) is 1. The van der Waals surface area contributed by atoms with Crippen molar-refractivity contribution in [3.8, 4) is 0 Å². The molecule has 4 nitrogen and oxygen atoms in total. The summed E-state index contributed by atoms with van der Waals surface area (Å²) in [6, 6.07) is 10.4. The van der Waals surface area contributed by atoms with Crippen LogP contribution in [-0.4, -0.2) is 43.7 Å². The molecule has 1 aromatic carbocycles. The Labute approximate surface area is 151 Å². The Morgan fingerprint density at radius 3 is 2.48 bits per heavy atom. The molecule has 0 spiro atoms. The zero-order valence-electron chi connectivity index (χ0n) is 15.3. The number of ether oxygens (including phenoxy) is 1. The molecule has 2 fully saturated rings. The number of piperidine rings is 1. The normalized spacial score (nSPS) is 19.7. The molecule has 0 radical (unpaired) electrons. The van der Waals surface area contributed by atoms with E-state index >= 15 is 0 Å². The van der Waals surface area contributed by atoms with Crippen molar-refractivity contribution in [3.05, 3.63) is 35.9 Å². The third kappa shape index (κ3) is 6.12. The summed E-state index contributed by atoms with van der Waals surface area (Å²) in [6.45, 7) is 5.51. The first-order chi connectivity index (χ1) is 12.3. The molecule has 0 saturated carbocycles. The van der Waals surface area contributed by atoms with Gasteiger partial charge in [0.05, 0.1) is 0 Å². The van der Waals surface area contributed by atoms with Gasteiger partial charge in [0.15, 0.2) is 0 Å². The lowest BCUT2D eigenvalue weighted by atomic mass is 9.92. The fourth-order valence-electron chi connectivity index (χ4n) is 3.96. The minimum absolute atomic E-state index is 0.328. The largest absolute Gasteiger partial charge is 0.381 e. The van der Waals surface area contributed by atoms with E-state index in [1.54, 1.807) is 0 Å². The van der Waals surface area contributed by atoms with Crippen molar-refractivity contribution < 1.29 is 9.53 Å². The van der Waals surface area contributed by atoms with Crippen molar-refractivity contribution in [2.75, 3.05) is 32.8 Å². The molecule has 0 atom stereocenters. The standard InChI is InChI=1S/C21H32N2O2/c24-21(7-6-18-8-12-22-13-9-18)23(16-19-4-2-1-3-5-19)17-20-10-14-25-15-11-20/h1-5,18,20,22H,6-17H2. The fraction of sp³-hybridized carbons (Fsp3) is 0.667. The number of amides is 1. The molecule has 2 saturated heterocycles. The fourth-order valence-corrected chi connectivity index (χ4v) is 3.96. The van der Waals surface area contributed by atoms with Crippen molar-refractivity contribution in [1.82, 2.24) is 10.2 Å². The summed E-state index contributed by atoms with van der Waals surface area (Å²) in [4.78, 5) is 15.0. The number of hydrogen-bond acceptors (Lipinski definition) is 3. The van der Waals surface area contributed by atoms with Crippen molar-refractivity contribution >= 4 is 5.91 Å². The molecule has 4 heteroatoms. The number of carbonyl (C=O) groups is 1. The van der Waals surface area contributed by atoms with Crippen molar-refractivity contribution in [2.45, 2.75) is 45.1 Å². The smallest absolute Gasteiger partial charge is 0.222 e. The van der Waals surface area contributed by atoms with Gasteiger partial charge in [-0.3, -0.25) is 4.79 Å². The van der Waals surface area contributed by atoms with Crippen LogP contribution in [-0.2, 0) is 16.1 Å². The van der Waals surface area contributed by atoms with Gasteiger partial charge in [-0.25, -0.2) is 0 Å². The van der Waals surface area contributed by atoms with Gasteiger partial charge in [0.1, 0.15) is 0 Å². The predicted octanol–water partition coefficient (Wildman–Crippen LogP) is 3.22. The van der Waals surface area contributed by atoms with Crippen LogP contribution in [0.4, 0.5) is 0 Å². The van der Waals surface area contributed by atoms with E-state index in [9.17, 15) is 4.79 Å². The third-order valence-electron chi connectivity index (χ3n) is 5.61. The summed E-state index contributed by atoms with van der Waals surface area (Å²) in [5.74, 6) is 1.63. The van der Waals surface area contributed by atoms with E-state index < -0.39 is 0 Å². The first kappa shape index (κ1) is 18.4. The lowest BCUT2D eigenvalue weighted by molar-refractivity contribution is -0.133. The number of carbonyl (C=O) groups excluding carboxylic acids is 1. The molecule has 2 heterocycles.